The van der Waals surface area contributed by atoms with Crippen molar-refractivity contribution in [1.29, 1.82) is 0 Å². The Morgan fingerprint density at radius 2 is 2.14 bits per heavy atom. The number of ether oxygens (including phenoxy) is 3. The molecule has 6 N–H and O–H groups in total. The highest BCUT2D eigenvalue weighted by molar-refractivity contribution is 5.08. The Morgan fingerprint density at radius 1 is 1.36 bits per heavy atom. The van der Waals surface area contributed by atoms with Gasteiger partial charge in [-0.3, -0.25) is 18.9 Å². The van der Waals surface area contributed by atoms with E-state index >= 15 is 0 Å². The minimum absolute atomic E-state index is 0.0867. The molecule has 1 aromatic heterocycles. The summed E-state index contributed by atoms with van der Waals surface area (Å²) >= 11 is 0. The Hall–Kier alpha value is -2.84. The van der Waals surface area contributed by atoms with Gasteiger partial charge < -0.3 is 30.4 Å². The second-order valence-electron chi connectivity index (χ2n) is 9.05. The van der Waals surface area contributed by atoms with Crippen LogP contribution in [-0.2, 0) is 20.8 Å². The summed E-state index contributed by atoms with van der Waals surface area (Å²) in [4.78, 5) is 26.2. The fourth-order valence-corrected chi connectivity index (χ4v) is 4.26. The van der Waals surface area contributed by atoms with Crippen LogP contribution in [0.2, 0.25) is 0 Å². The van der Waals surface area contributed by atoms with Crippen molar-refractivity contribution in [3.05, 3.63) is 56.4 Å². The van der Waals surface area contributed by atoms with Crippen molar-refractivity contribution in [2.75, 3.05) is 26.9 Å². The molecule has 202 valence electrons. The lowest BCUT2D eigenvalue weighted by molar-refractivity contribution is -0.0597. The molecule has 36 heavy (non-hydrogen) atoms. The van der Waals surface area contributed by atoms with Crippen LogP contribution in [-0.4, -0.2) is 58.4 Å². The first kappa shape index (κ1) is 27.7. The summed E-state index contributed by atoms with van der Waals surface area (Å²) in [5.74, 6) is 6.02. The summed E-state index contributed by atoms with van der Waals surface area (Å²) in [6.07, 6.45) is 7.17. The fraction of sp³-hybridized carbons (Fsp3) is 0.652. The fourth-order valence-electron chi connectivity index (χ4n) is 4.26. The second-order valence-corrected chi connectivity index (χ2v) is 9.05. The zero-order valence-electron chi connectivity index (χ0n) is 21.6. The number of allylic oxidation sites excluding steroid dienone is 1. The quantitative estimate of drug-likeness (QED) is 0.209. The highest BCUT2D eigenvalue weighted by Gasteiger charge is 2.29. The molecule has 0 aromatic carbocycles. The second kappa shape index (κ2) is 12.9. The number of rotatable bonds is 13. The number of hydrazine groups is 3. The van der Waals surface area contributed by atoms with E-state index in [0.717, 1.165) is 12.8 Å². The van der Waals surface area contributed by atoms with Crippen molar-refractivity contribution >= 4 is 0 Å². The summed E-state index contributed by atoms with van der Waals surface area (Å²) in [5.41, 5.74) is 12.8. The number of nitrogens with two attached hydrogens (primary N) is 2. The maximum atomic E-state index is 13.3. The van der Waals surface area contributed by atoms with Gasteiger partial charge in [-0.2, -0.15) is 0 Å². The molecule has 0 amide bonds. The van der Waals surface area contributed by atoms with Crippen molar-refractivity contribution in [3.8, 4) is 0 Å². The molecule has 2 aliphatic rings. The molecule has 13 nitrogen and oxygen atoms in total. The molecule has 13 heteroatoms. The lowest BCUT2D eigenvalue weighted by atomic mass is 10.2. The summed E-state index contributed by atoms with van der Waals surface area (Å²) in [7, 11) is 1.56. The van der Waals surface area contributed by atoms with Gasteiger partial charge in [-0.15, -0.1) is 5.53 Å². The van der Waals surface area contributed by atoms with E-state index in [1.165, 1.54) is 14.1 Å². The van der Waals surface area contributed by atoms with Crippen molar-refractivity contribution in [2.24, 2.45) is 11.6 Å². The third-order valence-electron chi connectivity index (χ3n) is 5.96. The van der Waals surface area contributed by atoms with Crippen LogP contribution in [0.5, 0.6) is 0 Å². The van der Waals surface area contributed by atoms with Crippen LogP contribution >= 0.6 is 0 Å². The first-order chi connectivity index (χ1) is 17.3. The Bertz CT molecular complexity index is 1050. The Labute approximate surface area is 211 Å². The molecule has 1 aromatic rings. The van der Waals surface area contributed by atoms with Gasteiger partial charge >= 0.3 is 5.69 Å². The van der Waals surface area contributed by atoms with Gasteiger partial charge in [0.15, 0.2) is 0 Å². The third-order valence-corrected chi connectivity index (χ3v) is 5.96. The van der Waals surface area contributed by atoms with E-state index in [1.807, 2.05) is 13.1 Å². The minimum Gasteiger partial charge on any atom is -0.399 e. The average Bonchev–Trinajstić information content (AvgIpc) is 3.49. The molecule has 2 aliphatic heterocycles. The van der Waals surface area contributed by atoms with Gasteiger partial charge in [-0.25, -0.2) is 10.6 Å². The van der Waals surface area contributed by atoms with Crippen molar-refractivity contribution in [1.82, 2.24) is 30.1 Å². The van der Waals surface area contributed by atoms with Gasteiger partial charge in [0, 0.05) is 37.9 Å². The summed E-state index contributed by atoms with van der Waals surface area (Å²) in [6.45, 7) is 7.19. The molecule has 3 heterocycles. The number of hydrogen-bond donors (Lipinski definition) is 4. The van der Waals surface area contributed by atoms with Crippen molar-refractivity contribution < 1.29 is 14.2 Å². The molecule has 0 radical (unpaired) electrons. The largest absolute Gasteiger partial charge is 0.399 e. The zero-order chi connectivity index (χ0) is 26.2. The SMILES string of the molecule is CCCOC(CC)N1C=C(Cn2c(=O)c(C)cn(C3CC[C@@H](CN(N)/C=C(\N)COC)O3)c2=O)NN1. The smallest absolute Gasteiger partial charge is 0.333 e. The number of nitrogens with zero attached hydrogens (tertiary/aromatic N) is 4. The highest BCUT2D eigenvalue weighted by atomic mass is 16.5. The van der Waals surface area contributed by atoms with E-state index in [2.05, 4.69) is 17.9 Å². The first-order valence-corrected chi connectivity index (χ1v) is 12.3. The molecule has 1 saturated heterocycles. The highest BCUT2D eigenvalue weighted by Crippen LogP contribution is 2.27. The van der Waals surface area contributed by atoms with Crippen molar-refractivity contribution in [2.45, 2.75) is 71.6 Å². The predicted octanol–water partition coefficient (Wildman–Crippen LogP) is -0.0529. The van der Waals surface area contributed by atoms with Crippen LogP contribution in [0.1, 0.15) is 51.3 Å². The van der Waals surface area contributed by atoms with Gasteiger partial charge in [-0.1, -0.05) is 13.8 Å². The monoisotopic (exact) mass is 508 g/mol. The Kier molecular flexibility index (Phi) is 9.96. The van der Waals surface area contributed by atoms with Gasteiger partial charge in [0.2, 0.25) is 0 Å². The predicted molar refractivity (Wildman–Crippen MR) is 134 cm³/mol. The van der Waals surface area contributed by atoms with Gasteiger partial charge in [0.05, 0.1) is 37.2 Å². The van der Waals surface area contributed by atoms with Crippen molar-refractivity contribution in [3.63, 3.8) is 0 Å². The van der Waals surface area contributed by atoms with Gasteiger partial charge in [0.25, 0.3) is 5.56 Å². The number of hydrogen-bond acceptors (Lipinski definition) is 11. The molecule has 3 rings (SSSR count). The van der Waals surface area contributed by atoms with E-state index in [4.69, 9.17) is 25.8 Å². The summed E-state index contributed by atoms with van der Waals surface area (Å²) in [5, 5.41) is 3.27. The summed E-state index contributed by atoms with van der Waals surface area (Å²) < 4.78 is 19.7. The van der Waals surface area contributed by atoms with Crippen LogP contribution < -0.4 is 33.8 Å². The molecule has 1 fully saturated rings. The molecular formula is C23H40N8O5. The van der Waals surface area contributed by atoms with Gasteiger partial charge in [-0.05, 0) is 32.6 Å². The Morgan fingerprint density at radius 3 is 2.83 bits per heavy atom. The standard InChI is InChI=1S/C23H40N8O5/c1-5-9-35-20(6-2)31-13-18(26-27-31)12-30-22(32)16(3)10-29(23(30)33)21-8-7-19(36-21)14-28(25)11-17(24)15-34-4/h10-11,13,19-21,26-27H,5-9,12,14-15,24-25H2,1-4H3/b17-11-/t19-,20?,21?/m0/s1. The topological polar surface area (TPSA) is 154 Å². The maximum absolute atomic E-state index is 13.3. The number of aromatic nitrogens is 2. The average molecular weight is 509 g/mol. The van der Waals surface area contributed by atoms with Crippen LogP contribution in [0.3, 0.4) is 0 Å². The minimum atomic E-state index is -0.492. The van der Waals surface area contributed by atoms with Gasteiger partial charge in [0.1, 0.15) is 12.5 Å². The van der Waals surface area contributed by atoms with E-state index < -0.39 is 11.9 Å². The van der Waals surface area contributed by atoms with E-state index in [0.29, 0.717) is 43.0 Å². The lowest BCUT2D eigenvalue weighted by Gasteiger charge is -2.25. The third kappa shape index (κ3) is 6.89. The molecule has 2 unspecified atom stereocenters. The van der Waals surface area contributed by atoms with Crippen LogP contribution in [0.25, 0.3) is 0 Å². The molecule has 0 aliphatic carbocycles. The lowest BCUT2D eigenvalue weighted by Crippen LogP contribution is -2.45. The number of aryl methyl sites for hydroxylation is 1. The summed E-state index contributed by atoms with van der Waals surface area (Å²) in [6, 6.07) is 0. The van der Waals surface area contributed by atoms with Crippen LogP contribution in [0.4, 0.5) is 0 Å². The zero-order valence-corrected chi connectivity index (χ0v) is 21.6. The van der Waals surface area contributed by atoms with Crippen LogP contribution in [0, 0.1) is 6.92 Å². The molecule has 3 atom stereocenters. The molecular weight excluding hydrogens is 468 g/mol. The molecule has 0 bridgehead atoms. The first-order valence-electron chi connectivity index (χ1n) is 12.3. The van der Waals surface area contributed by atoms with E-state index in [1.54, 1.807) is 31.4 Å². The maximum Gasteiger partial charge on any atom is 0.333 e. The van der Waals surface area contributed by atoms with Crippen LogP contribution in [0.15, 0.2) is 39.6 Å². The molecule has 0 spiro atoms. The number of methoxy groups -OCH3 is 1. The van der Waals surface area contributed by atoms with E-state index in [-0.39, 0.29) is 31.0 Å². The number of nitrogens with one attached hydrogen (secondary N) is 2. The van der Waals surface area contributed by atoms with E-state index in [9.17, 15) is 9.59 Å². The Balaban J connectivity index is 1.72. The molecule has 0 saturated carbocycles. The normalized spacial score (nSPS) is 21.0.